The molecule has 0 amide bonds. The van der Waals surface area contributed by atoms with Crippen LogP contribution in [0.2, 0.25) is 0 Å². The van der Waals surface area contributed by atoms with Crippen molar-refractivity contribution in [2.24, 2.45) is 0 Å². The average Bonchev–Trinajstić information content (AvgIpc) is 2.66. The lowest BCUT2D eigenvalue weighted by Crippen LogP contribution is -2.17. The normalized spacial score (nSPS) is 12.6. The third-order valence-electron chi connectivity index (χ3n) is 4.15. The summed E-state index contributed by atoms with van der Waals surface area (Å²) < 4.78 is 30.0. The van der Waals surface area contributed by atoms with E-state index >= 15 is 0 Å². The molecule has 0 saturated heterocycles. The van der Waals surface area contributed by atoms with Gasteiger partial charge in [-0.3, -0.25) is 9.55 Å². The van der Waals surface area contributed by atoms with Crippen LogP contribution in [0.1, 0.15) is 36.3 Å². The third kappa shape index (κ3) is 5.22. The Hall–Kier alpha value is -2.15. The van der Waals surface area contributed by atoms with Crippen molar-refractivity contribution in [1.29, 1.82) is 0 Å². The van der Waals surface area contributed by atoms with Crippen LogP contribution in [0.3, 0.4) is 0 Å². The number of nitrogens with zero attached hydrogens (tertiary/aromatic N) is 2. The molecule has 1 unspecified atom stereocenters. The Morgan fingerprint density at radius 3 is 2.36 bits per heavy atom. The molecule has 154 valence electrons. The van der Waals surface area contributed by atoms with E-state index in [0.717, 1.165) is 5.69 Å². The lowest BCUT2D eigenvalue weighted by molar-refractivity contribution is 0.213. The van der Waals surface area contributed by atoms with Gasteiger partial charge in [0.05, 0.1) is 38.4 Å². The molecule has 0 bridgehead atoms. The third-order valence-corrected chi connectivity index (χ3v) is 6.63. The summed E-state index contributed by atoms with van der Waals surface area (Å²) >= 11 is 0. The predicted octanol–water partition coefficient (Wildman–Crippen LogP) is 4.23. The predicted molar refractivity (Wildman–Crippen MR) is 108 cm³/mol. The monoisotopic (exact) mass is 409 g/mol. The van der Waals surface area contributed by atoms with Gasteiger partial charge in [-0.05, 0) is 44.9 Å². The fourth-order valence-corrected chi connectivity index (χ4v) is 4.78. The fraction of sp³-hybridized carbons (Fsp3) is 0.474. The number of ether oxygens (including phenoxy) is 1. The van der Waals surface area contributed by atoms with E-state index in [0.29, 0.717) is 22.7 Å². The molecule has 1 atom stereocenters. The molecule has 9 heteroatoms. The fourth-order valence-electron chi connectivity index (χ4n) is 2.80. The zero-order valence-electron chi connectivity index (χ0n) is 16.9. The molecule has 2 rings (SSSR count). The van der Waals surface area contributed by atoms with Crippen LogP contribution >= 0.6 is 7.60 Å². The summed E-state index contributed by atoms with van der Waals surface area (Å²) in [6.07, 6.45) is 3.26. The van der Waals surface area contributed by atoms with Crippen LogP contribution in [0.4, 0.5) is 5.82 Å². The van der Waals surface area contributed by atoms with Crippen LogP contribution in [0, 0.1) is 13.8 Å². The molecule has 1 aromatic carbocycles. The highest BCUT2D eigenvalue weighted by atomic mass is 31.2. The van der Waals surface area contributed by atoms with Crippen LogP contribution in [0.15, 0.2) is 24.5 Å². The summed E-state index contributed by atoms with van der Waals surface area (Å²) in [5, 5.41) is 13.3. The molecule has 8 nitrogen and oxygen atoms in total. The molecule has 0 saturated carbocycles. The van der Waals surface area contributed by atoms with Crippen molar-refractivity contribution in [3.8, 4) is 11.5 Å². The Balaban J connectivity index is 2.44. The van der Waals surface area contributed by atoms with E-state index < -0.39 is 13.3 Å². The van der Waals surface area contributed by atoms with Crippen molar-refractivity contribution in [2.45, 2.75) is 33.4 Å². The van der Waals surface area contributed by atoms with E-state index in [-0.39, 0.29) is 25.5 Å². The quantitative estimate of drug-likeness (QED) is 0.562. The topological polar surface area (TPSA) is 103 Å². The zero-order valence-corrected chi connectivity index (χ0v) is 17.8. The van der Waals surface area contributed by atoms with Gasteiger partial charge in [0.25, 0.3) is 0 Å². The van der Waals surface area contributed by atoms with Gasteiger partial charge in [-0.25, -0.2) is 4.98 Å². The summed E-state index contributed by atoms with van der Waals surface area (Å²) in [4.78, 5) is 8.48. The van der Waals surface area contributed by atoms with Gasteiger partial charge in [-0.1, -0.05) is 6.07 Å². The van der Waals surface area contributed by atoms with Crippen LogP contribution in [-0.4, -0.2) is 41.9 Å². The van der Waals surface area contributed by atoms with Gasteiger partial charge in [-0.2, -0.15) is 0 Å². The number of phenolic OH excluding ortho intramolecular Hbond substituents is 1. The lowest BCUT2D eigenvalue weighted by atomic mass is 10.1. The minimum Gasteiger partial charge on any atom is -0.504 e. The summed E-state index contributed by atoms with van der Waals surface area (Å²) in [6.45, 7) is 7.86. The molecule has 0 radical (unpaired) electrons. The average molecular weight is 409 g/mol. The first kappa shape index (κ1) is 22.1. The summed E-state index contributed by atoms with van der Waals surface area (Å²) in [5.74, 6) is 0.900. The number of aromatic hydroxyl groups is 1. The standard InChI is InChI=1S/C19H28N3O5P/c1-6-26-28(24,27-7-2)17(11-22-18-12-20-14(4)10-21-18)15-8-13(3)19(23)16(9-15)25-5/h8-10,12,17,23H,6-7,11H2,1-5H3,(H,21,22). The zero-order chi connectivity index (χ0) is 20.7. The number of benzene rings is 1. The minimum atomic E-state index is -3.51. The van der Waals surface area contributed by atoms with E-state index in [1.807, 2.05) is 6.92 Å². The van der Waals surface area contributed by atoms with Crippen molar-refractivity contribution in [2.75, 3.05) is 32.2 Å². The SMILES string of the molecule is CCOP(=O)(OCC)C(CNc1cnc(C)cn1)c1cc(C)c(O)c(OC)c1. The van der Waals surface area contributed by atoms with Crippen LogP contribution in [0.25, 0.3) is 0 Å². The van der Waals surface area contributed by atoms with E-state index in [1.54, 1.807) is 45.3 Å². The molecule has 1 aromatic heterocycles. The Morgan fingerprint density at radius 2 is 1.82 bits per heavy atom. The van der Waals surface area contributed by atoms with Crippen LogP contribution in [0.5, 0.6) is 11.5 Å². The molecule has 0 aliphatic carbocycles. The molecule has 0 spiro atoms. The number of methoxy groups -OCH3 is 1. The molecule has 2 N–H and O–H groups in total. The maximum Gasteiger partial charge on any atom is 0.339 e. The number of aryl methyl sites for hydroxylation is 2. The van der Waals surface area contributed by atoms with Crippen LogP contribution < -0.4 is 10.1 Å². The minimum absolute atomic E-state index is 0.0463. The van der Waals surface area contributed by atoms with Gasteiger partial charge < -0.3 is 24.2 Å². The van der Waals surface area contributed by atoms with Crippen molar-refractivity contribution >= 4 is 13.4 Å². The Bertz CT molecular complexity index is 819. The maximum atomic E-state index is 13.6. The number of aromatic nitrogens is 2. The largest absolute Gasteiger partial charge is 0.504 e. The van der Waals surface area contributed by atoms with Gasteiger partial charge in [0.1, 0.15) is 11.5 Å². The maximum absolute atomic E-state index is 13.6. The number of anilines is 1. The van der Waals surface area contributed by atoms with Crippen molar-refractivity contribution in [1.82, 2.24) is 9.97 Å². The first-order valence-corrected chi connectivity index (χ1v) is 10.7. The molecule has 28 heavy (non-hydrogen) atoms. The highest BCUT2D eigenvalue weighted by Crippen LogP contribution is 2.61. The second-order valence-corrected chi connectivity index (χ2v) is 8.42. The second-order valence-electron chi connectivity index (χ2n) is 6.20. The van der Waals surface area contributed by atoms with Gasteiger partial charge >= 0.3 is 7.60 Å². The highest BCUT2D eigenvalue weighted by Gasteiger charge is 2.37. The number of hydrogen-bond donors (Lipinski definition) is 2. The van der Waals surface area contributed by atoms with Gasteiger partial charge in [0.15, 0.2) is 11.5 Å². The van der Waals surface area contributed by atoms with Crippen molar-refractivity contribution in [3.05, 3.63) is 41.3 Å². The van der Waals surface area contributed by atoms with E-state index in [9.17, 15) is 9.67 Å². The van der Waals surface area contributed by atoms with Crippen molar-refractivity contribution in [3.63, 3.8) is 0 Å². The second kappa shape index (κ2) is 9.87. The smallest absolute Gasteiger partial charge is 0.339 e. The first-order chi connectivity index (χ1) is 13.3. The first-order valence-electron chi connectivity index (χ1n) is 9.13. The molecular formula is C19H28N3O5P. The lowest BCUT2D eigenvalue weighted by Gasteiger charge is -2.27. The van der Waals surface area contributed by atoms with Crippen LogP contribution in [-0.2, 0) is 13.6 Å². The number of nitrogens with one attached hydrogen (secondary N) is 1. The summed E-state index contributed by atoms with van der Waals surface area (Å²) in [6, 6.07) is 3.41. The van der Waals surface area contributed by atoms with Crippen molar-refractivity contribution < 1.29 is 23.5 Å². The molecule has 0 fully saturated rings. The Morgan fingerprint density at radius 1 is 1.14 bits per heavy atom. The van der Waals surface area contributed by atoms with Gasteiger partial charge in [-0.15, -0.1) is 0 Å². The van der Waals surface area contributed by atoms with Gasteiger partial charge in [0.2, 0.25) is 0 Å². The summed E-state index contributed by atoms with van der Waals surface area (Å²) in [5.41, 5.74) is 1.44. The Kier molecular flexibility index (Phi) is 7.80. The number of phenols is 1. The molecule has 2 aromatic rings. The van der Waals surface area contributed by atoms with E-state index in [2.05, 4.69) is 15.3 Å². The molecule has 0 aliphatic heterocycles. The highest BCUT2D eigenvalue weighted by molar-refractivity contribution is 7.54. The van der Waals surface area contributed by atoms with E-state index in [4.69, 9.17) is 13.8 Å². The number of hydrogen-bond acceptors (Lipinski definition) is 8. The molecule has 0 aliphatic rings. The Labute approximate surface area is 165 Å². The van der Waals surface area contributed by atoms with Gasteiger partial charge in [0, 0.05) is 6.54 Å². The van der Waals surface area contributed by atoms with E-state index in [1.165, 1.54) is 7.11 Å². The number of rotatable bonds is 10. The summed E-state index contributed by atoms with van der Waals surface area (Å²) in [7, 11) is -2.04. The molecule has 1 heterocycles. The molecular weight excluding hydrogens is 381 g/mol.